The summed E-state index contributed by atoms with van der Waals surface area (Å²) in [7, 11) is 0. The Balaban J connectivity index is 1.97. The molecule has 0 spiro atoms. The number of anilines is 1. The summed E-state index contributed by atoms with van der Waals surface area (Å²) in [6, 6.07) is 15.1. The average molecular weight is 352 g/mol. The van der Waals surface area contributed by atoms with Gasteiger partial charge in [0.25, 0.3) is 0 Å². The molecule has 102 valence electrons. The minimum absolute atomic E-state index is 0.0560. The third-order valence-electron chi connectivity index (χ3n) is 2.65. The Morgan fingerprint density at radius 1 is 1.20 bits per heavy atom. The normalized spacial score (nSPS) is 9.85. The maximum atomic E-state index is 8.44. The fourth-order valence-electron chi connectivity index (χ4n) is 1.66. The molecule has 1 N–H and O–H groups in total. The molecule has 0 saturated carbocycles. The second-order valence-corrected chi connectivity index (χ2v) is 5.38. The summed E-state index contributed by atoms with van der Waals surface area (Å²) in [5.41, 5.74) is 1.98. The Kier molecular flexibility index (Phi) is 5.28. The number of nitriles is 1. The lowest BCUT2D eigenvalue weighted by Crippen LogP contribution is -2.00. The van der Waals surface area contributed by atoms with Crippen molar-refractivity contribution in [3.63, 3.8) is 0 Å². The van der Waals surface area contributed by atoms with E-state index < -0.39 is 0 Å². The molecule has 3 nitrogen and oxygen atoms in total. The average Bonchev–Trinajstić information content (AvgIpc) is 2.47. The second-order valence-electron chi connectivity index (χ2n) is 4.06. The highest BCUT2D eigenvalue weighted by Crippen LogP contribution is 2.22. The van der Waals surface area contributed by atoms with Crippen LogP contribution in [-0.4, -0.2) is 6.61 Å². The summed E-state index contributed by atoms with van der Waals surface area (Å²) < 4.78 is 6.19. The van der Waals surface area contributed by atoms with Gasteiger partial charge >= 0.3 is 0 Å². The van der Waals surface area contributed by atoms with Gasteiger partial charge in [-0.2, -0.15) is 5.26 Å². The maximum Gasteiger partial charge on any atom is 0.174 e. The van der Waals surface area contributed by atoms with Crippen molar-refractivity contribution in [1.29, 1.82) is 5.26 Å². The van der Waals surface area contributed by atoms with Crippen LogP contribution in [0.3, 0.4) is 0 Å². The van der Waals surface area contributed by atoms with Crippen LogP contribution in [0.5, 0.6) is 5.75 Å². The quantitative estimate of drug-likeness (QED) is 0.855. The first-order valence-corrected chi connectivity index (χ1v) is 7.14. The summed E-state index contributed by atoms with van der Waals surface area (Å²) in [6.45, 7) is 0.692. The van der Waals surface area contributed by atoms with Crippen molar-refractivity contribution in [2.24, 2.45) is 0 Å². The number of benzene rings is 2. The molecule has 2 aromatic rings. The monoisotopic (exact) mass is 350 g/mol. The van der Waals surface area contributed by atoms with Gasteiger partial charge in [0.15, 0.2) is 6.61 Å². The molecule has 0 aliphatic heterocycles. The first kappa shape index (κ1) is 14.7. The summed E-state index contributed by atoms with van der Waals surface area (Å²) in [4.78, 5) is 0. The Morgan fingerprint density at radius 3 is 2.65 bits per heavy atom. The van der Waals surface area contributed by atoms with Crippen molar-refractivity contribution < 1.29 is 4.74 Å². The molecule has 2 aromatic carbocycles. The molecule has 0 aromatic heterocycles. The standard InChI is InChI=1S/C15H12BrClN2O/c16-12-1-6-15(17)11(9-12)10-19-13-2-4-14(5-3-13)20-8-7-18/h1-6,9,19H,8,10H2. The number of halogens is 2. The zero-order valence-corrected chi connectivity index (χ0v) is 12.9. The number of nitrogens with zero attached hydrogens (tertiary/aromatic N) is 1. The minimum Gasteiger partial charge on any atom is -0.479 e. The van der Waals surface area contributed by atoms with Crippen LogP contribution in [0, 0.1) is 11.3 Å². The van der Waals surface area contributed by atoms with Crippen LogP contribution in [-0.2, 0) is 6.54 Å². The van der Waals surface area contributed by atoms with Gasteiger partial charge in [0.1, 0.15) is 11.8 Å². The number of ether oxygens (including phenoxy) is 1. The van der Waals surface area contributed by atoms with Crippen molar-refractivity contribution in [3.8, 4) is 11.8 Å². The molecule has 0 atom stereocenters. The van der Waals surface area contributed by atoms with Gasteiger partial charge < -0.3 is 10.1 Å². The Bertz CT molecular complexity index is 623. The van der Waals surface area contributed by atoms with Crippen molar-refractivity contribution in [2.75, 3.05) is 11.9 Å². The van der Waals surface area contributed by atoms with Crippen LogP contribution in [0.15, 0.2) is 46.9 Å². The SMILES string of the molecule is N#CCOc1ccc(NCc2cc(Br)ccc2Cl)cc1. The van der Waals surface area contributed by atoms with Gasteiger partial charge in [-0.05, 0) is 48.0 Å². The molecule has 0 amide bonds. The smallest absolute Gasteiger partial charge is 0.174 e. The van der Waals surface area contributed by atoms with E-state index in [-0.39, 0.29) is 6.61 Å². The van der Waals surface area contributed by atoms with Gasteiger partial charge in [-0.1, -0.05) is 27.5 Å². The fraction of sp³-hybridized carbons (Fsp3) is 0.133. The Hall–Kier alpha value is -1.70. The molecule has 2 rings (SSSR count). The van der Waals surface area contributed by atoms with E-state index in [4.69, 9.17) is 21.6 Å². The molecule has 0 radical (unpaired) electrons. The molecule has 0 unspecified atom stereocenters. The highest BCUT2D eigenvalue weighted by Gasteiger charge is 2.01. The number of hydrogen-bond acceptors (Lipinski definition) is 3. The summed E-state index contributed by atoms with van der Waals surface area (Å²) in [5.74, 6) is 0.678. The Morgan fingerprint density at radius 2 is 1.95 bits per heavy atom. The van der Waals surface area contributed by atoms with Crippen LogP contribution in [0.4, 0.5) is 5.69 Å². The maximum absolute atomic E-state index is 8.44. The van der Waals surface area contributed by atoms with Crippen LogP contribution in [0.2, 0.25) is 5.02 Å². The summed E-state index contributed by atoms with van der Waals surface area (Å²) in [5, 5.41) is 12.5. The molecular weight excluding hydrogens is 340 g/mol. The molecule has 0 fully saturated rings. The number of hydrogen-bond donors (Lipinski definition) is 1. The van der Waals surface area contributed by atoms with E-state index in [1.54, 1.807) is 0 Å². The fourth-order valence-corrected chi connectivity index (χ4v) is 2.25. The van der Waals surface area contributed by atoms with E-state index in [0.29, 0.717) is 12.3 Å². The first-order valence-electron chi connectivity index (χ1n) is 5.96. The molecule has 0 aliphatic carbocycles. The summed E-state index contributed by atoms with van der Waals surface area (Å²) >= 11 is 9.56. The second kappa shape index (κ2) is 7.18. The van der Waals surface area contributed by atoms with Gasteiger partial charge in [0.05, 0.1) is 0 Å². The number of rotatable bonds is 5. The lowest BCUT2D eigenvalue weighted by Gasteiger charge is -2.09. The van der Waals surface area contributed by atoms with Gasteiger partial charge in [-0.15, -0.1) is 0 Å². The topological polar surface area (TPSA) is 45.0 Å². The zero-order valence-electron chi connectivity index (χ0n) is 10.6. The van der Waals surface area contributed by atoms with Gasteiger partial charge in [0, 0.05) is 21.7 Å². The lowest BCUT2D eigenvalue weighted by atomic mass is 10.2. The van der Waals surface area contributed by atoms with Gasteiger partial charge in [-0.25, -0.2) is 0 Å². The van der Waals surface area contributed by atoms with E-state index in [2.05, 4.69) is 21.2 Å². The highest BCUT2D eigenvalue weighted by atomic mass is 79.9. The van der Waals surface area contributed by atoms with Gasteiger partial charge in [0.2, 0.25) is 0 Å². The van der Waals surface area contributed by atoms with E-state index in [1.807, 2.05) is 48.5 Å². The zero-order chi connectivity index (χ0) is 14.4. The van der Waals surface area contributed by atoms with Crippen LogP contribution < -0.4 is 10.1 Å². The lowest BCUT2D eigenvalue weighted by molar-refractivity contribution is 0.368. The molecule has 5 heteroatoms. The first-order chi connectivity index (χ1) is 9.69. The van der Waals surface area contributed by atoms with Crippen molar-refractivity contribution >= 4 is 33.2 Å². The van der Waals surface area contributed by atoms with E-state index in [0.717, 1.165) is 20.7 Å². The predicted octanol–water partition coefficient (Wildman–Crippen LogP) is 4.62. The molecule has 0 aliphatic rings. The van der Waals surface area contributed by atoms with Crippen molar-refractivity contribution in [1.82, 2.24) is 0 Å². The van der Waals surface area contributed by atoms with Crippen LogP contribution >= 0.6 is 27.5 Å². The van der Waals surface area contributed by atoms with Crippen molar-refractivity contribution in [2.45, 2.75) is 6.54 Å². The van der Waals surface area contributed by atoms with E-state index in [9.17, 15) is 0 Å². The molecule has 0 heterocycles. The Labute approximate surface area is 131 Å². The largest absolute Gasteiger partial charge is 0.479 e. The summed E-state index contributed by atoms with van der Waals surface area (Å²) in [6.07, 6.45) is 0. The van der Waals surface area contributed by atoms with E-state index >= 15 is 0 Å². The third kappa shape index (κ3) is 4.16. The minimum atomic E-state index is 0.0560. The van der Waals surface area contributed by atoms with Crippen molar-refractivity contribution in [3.05, 3.63) is 57.5 Å². The predicted molar refractivity (Wildman–Crippen MR) is 84.0 cm³/mol. The number of nitrogens with one attached hydrogen (secondary N) is 1. The molecular formula is C15H12BrClN2O. The van der Waals surface area contributed by atoms with Gasteiger partial charge in [-0.3, -0.25) is 0 Å². The molecule has 0 bridgehead atoms. The third-order valence-corrected chi connectivity index (χ3v) is 3.51. The van der Waals surface area contributed by atoms with Crippen LogP contribution in [0.25, 0.3) is 0 Å². The van der Waals surface area contributed by atoms with Crippen LogP contribution in [0.1, 0.15) is 5.56 Å². The molecule has 20 heavy (non-hydrogen) atoms. The highest BCUT2D eigenvalue weighted by molar-refractivity contribution is 9.10. The van der Waals surface area contributed by atoms with E-state index in [1.165, 1.54) is 0 Å². The molecule has 0 saturated heterocycles.